The lowest BCUT2D eigenvalue weighted by molar-refractivity contribution is -0.140. The standard InChI is InChI=1S/C16H24N2O3/c1-4-5-10-18(11-15(17)19)16(20)13(3)21-14-8-6-12(2)7-9-14/h6-9,13H,4-5,10-11H2,1-3H3,(H2,17,19)/t13-/m0/s1. The van der Waals surface area contributed by atoms with Gasteiger partial charge in [0.1, 0.15) is 5.75 Å². The minimum atomic E-state index is -0.649. The summed E-state index contributed by atoms with van der Waals surface area (Å²) in [5, 5.41) is 0. The van der Waals surface area contributed by atoms with E-state index < -0.39 is 12.0 Å². The summed E-state index contributed by atoms with van der Waals surface area (Å²) in [5.41, 5.74) is 6.32. The van der Waals surface area contributed by atoms with Crippen LogP contribution in [0.5, 0.6) is 5.75 Å². The van der Waals surface area contributed by atoms with Gasteiger partial charge in [-0.05, 0) is 32.4 Å². The molecular formula is C16H24N2O3. The first-order chi connectivity index (χ1) is 9.93. The van der Waals surface area contributed by atoms with Gasteiger partial charge in [-0.15, -0.1) is 0 Å². The van der Waals surface area contributed by atoms with Crippen molar-refractivity contribution in [3.8, 4) is 5.75 Å². The smallest absolute Gasteiger partial charge is 0.263 e. The Bertz CT molecular complexity index is 471. The number of nitrogens with two attached hydrogens (primary N) is 1. The van der Waals surface area contributed by atoms with Crippen molar-refractivity contribution in [2.45, 2.75) is 39.7 Å². The second-order valence-electron chi connectivity index (χ2n) is 5.15. The molecule has 0 saturated heterocycles. The lowest BCUT2D eigenvalue weighted by Crippen LogP contribution is -2.45. The number of benzene rings is 1. The molecule has 0 radical (unpaired) electrons. The predicted octanol–water partition coefficient (Wildman–Crippen LogP) is 1.88. The number of carbonyl (C=O) groups excluding carboxylic acids is 2. The Hall–Kier alpha value is -2.04. The molecule has 1 aromatic carbocycles. The van der Waals surface area contributed by atoms with Gasteiger partial charge in [0, 0.05) is 6.54 Å². The molecule has 1 rings (SSSR count). The first-order valence-electron chi connectivity index (χ1n) is 7.24. The topological polar surface area (TPSA) is 72.6 Å². The van der Waals surface area contributed by atoms with Gasteiger partial charge in [-0.25, -0.2) is 0 Å². The second-order valence-corrected chi connectivity index (χ2v) is 5.15. The fourth-order valence-corrected chi connectivity index (χ4v) is 1.93. The van der Waals surface area contributed by atoms with Gasteiger partial charge in [0.05, 0.1) is 6.54 Å². The molecule has 0 aliphatic heterocycles. The van der Waals surface area contributed by atoms with Gasteiger partial charge in [0.2, 0.25) is 5.91 Å². The number of aryl methyl sites for hydroxylation is 1. The SMILES string of the molecule is CCCCN(CC(N)=O)C(=O)[C@H](C)Oc1ccc(C)cc1. The third kappa shape index (κ3) is 5.85. The maximum Gasteiger partial charge on any atom is 0.263 e. The van der Waals surface area contributed by atoms with Gasteiger partial charge in [-0.3, -0.25) is 9.59 Å². The highest BCUT2D eigenvalue weighted by atomic mass is 16.5. The monoisotopic (exact) mass is 292 g/mol. The number of rotatable bonds is 8. The Balaban J connectivity index is 2.67. The van der Waals surface area contributed by atoms with Crippen LogP contribution in [0.3, 0.4) is 0 Å². The second kappa shape index (κ2) is 8.29. The lowest BCUT2D eigenvalue weighted by atomic mass is 10.2. The fraction of sp³-hybridized carbons (Fsp3) is 0.500. The van der Waals surface area contributed by atoms with Crippen LogP contribution in [0.4, 0.5) is 0 Å². The van der Waals surface area contributed by atoms with Gasteiger partial charge < -0.3 is 15.4 Å². The molecule has 2 amide bonds. The molecule has 1 atom stereocenters. The van der Waals surface area contributed by atoms with E-state index in [2.05, 4.69) is 0 Å². The van der Waals surface area contributed by atoms with E-state index in [1.807, 2.05) is 38.1 Å². The molecule has 0 heterocycles. The first-order valence-corrected chi connectivity index (χ1v) is 7.24. The molecule has 0 unspecified atom stereocenters. The number of amides is 2. The predicted molar refractivity (Wildman–Crippen MR) is 82.0 cm³/mol. The third-order valence-electron chi connectivity index (χ3n) is 3.12. The fourth-order valence-electron chi connectivity index (χ4n) is 1.93. The molecule has 1 aromatic rings. The van der Waals surface area contributed by atoms with Crippen LogP contribution < -0.4 is 10.5 Å². The van der Waals surface area contributed by atoms with Crippen molar-refractivity contribution in [2.75, 3.05) is 13.1 Å². The van der Waals surface area contributed by atoms with Crippen LogP contribution in [-0.2, 0) is 9.59 Å². The molecule has 21 heavy (non-hydrogen) atoms. The van der Waals surface area contributed by atoms with E-state index in [0.717, 1.165) is 18.4 Å². The molecular weight excluding hydrogens is 268 g/mol. The highest BCUT2D eigenvalue weighted by Crippen LogP contribution is 2.14. The molecule has 5 nitrogen and oxygen atoms in total. The molecule has 5 heteroatoms. The summed E-state index contributed by atoms with van der Waals surface area (Å²) in [7, 11) is 0. The molecule has 116 valence electrons. The van der Waals surface area contributed by atoms with Crippen molar-refractivity contribution in [2.24, 2.45) is 5.73 Å². The molecule has 0 fully saturated rings. The molecule has 0 aromatic heterocycles. The van der Waals surface area contributed by atoms with E-state index in [1.165, 1.54) is 4.90 Å². The van der Waals surface area contributed by atoms with Crippen molar-refractivity contribution in [1.82, 2.24) is 4.90 Å². The van der Waals surface area contributed by atoms with Crippen molar-refractivity contribution < 1.29 is 14.3 Å². The molecule has 0 spiro atoms. The van der Waals surface area contributed by atoms with E-state index in [1.54, 1.807) is 6.92 Å². The van der Waals surface area contributed by atoms with Crippen molar-refractivity contribution in [1.29, 1.82) is 0 Å². The summed E-state index contributed by atoms with van der Waals surface area (Å²) in [5.74, 6) is -0.0965. The van der Waals surface area contributed by atoms with E-state index in [9.17, 15) is 9.59 Å². The molecule has 0 saturated carbocycles. The van der Waals surface area contributed by atoms with Gasteiger partial charge in [-0.1, -0.05) is 31.0 Å². The maximum atomic E-state index is 12.3. The van der Waals surface area contributed by atoms with E-state index >= 15 is 0 Å². The zero-order chi connectivity index (χ0) is 15.8. The molecule has 0 aliphatic carbocycles. The lowest BCUT2D eigenvalue weighted by Gasteiger charge is -2.25. The van der Waals surface area contributed by atoms with Gasteiger partial charge in [0.15, 0.2) is 6.10 Å². The Morgan fingerprint density at radius 1 is 1.29 bits per heavy atom. The van der Waals surface area contributed by atoms with Crippen molar-refractivity contribution in [3.05, 3.63) is 29.8 Å². The Labute approximate surface area is 126 Å². The van der Waals surface area contributed by atoms with Crippen LogP contribution in [0.1, 0.15) is 32.3 Å². The summed E-state index contributed by atoms with van der Waals surface area (Å²) in [6, 6.07) is 7.49. The van der Waals surface area contributed by atoms with Crippen molar-refractivity contribution >= 4 is 11.8 Å². The molecule has 0 aliphatic rings. The van der Waals surface area contributed by atoms with Gasteiger partial charge in [0.25, 0.3) is 5.91 Å². The largest absolute Gasteiger partial charge is 0.481 e. The Morgan fingerprint density at radius 3 is 2.43 bits per heavy atom. The Kier molecular flexibility index (Phi) is 6.72. The van der Waals surface area contributed by atoms with E-state index in [0.29, 0.717) is 12.3 Å². The summed E-state index contributed by atoms with van der Waals surface area (Å²) in [6.07, 6.45) is 1.12. The van der Waals surface area contributed by atoms with Crippen LogP contribution in [0, 0.1) is 6.92 Å². The summed E-state index contributed by atoms with van der Waals surface area (Å²) in [6.45, 7) is 6.14. The number of hydrogen-bond acceptors (Lipinski definition) is 3. The average Bonchev–Trinajstić information content (AvgIpc) is 2.44. The van der Waals surface area contributed by atoms with Crippen LogP contribution in [0.2, 0.25) is 0 Å². The average molecular weight is 292 g/mol. The number of hydrogen-bond donors (Lipinski definition) is 1. The number of unbranched alkanes of at least 4 members (excludes halogenated alkanes) is 1. The number of carbonyl (C=O) groups is 2. The Morgan fingerprint density at radius 2 is 1.90 bits per heavy atom. The normalized spacial score (nSPS) is 11.8. The first kappa shape index (κ1) is 17.0. The molecule has 0 bridgehead atoms. The van der Waals surface area contributed by atoms with Crippen LogP contribution >= 0.6 is 0 Å². The zero-order valence-electron chi connectivity index (χ0n) is 13.0. The highest BCUT2D eigenvalue weighted by Gasteiger charge is 2.22. The van der Waals surface area contributed by atoms with Crippen molar-refractivity contribution in [3.63, 3.8) is 0 Å². The quantitative estimate of drug-likeness (QED) is 0.795. The summed E-state index contributed by atoms with van der Waals surface area (Å²) >= 11 is 0. The number of ether oxygens (including phenoxy) is 1. The number of primary amides is 1. The maximum absolute atomic E-state index is 12.3. The minimum Gasteiger partial charge on any atom is -0.481 e. The summed E-state index contributed by atoms with van der Waals surface area (Å²) in [4.78, 5) is 24.9. The van der Waals surface area contributed by atoms with Crippen LogP contribution in [0.15, 0.2) is 24.3 Å². The van der Waals surface area contributed by atoms with Crippen LogP contribution in [0.25, 0.3) is 0 Å². The molecule has 2 N–H and O–H groups in total. The summed E-state index contributed by atoms with van der Waals surface area (Å²) < 4.78 is 5.63. The minimum absolute atomic E-state index is 0.0690. The van der Waals surface area contributed by atoms with E-state index in [-0.39, 0.29) is 12.5 Å². The van der Waals surface area contributed by atoms with E-state index in [4.69, 9.17) is 10.5 Å². The zero-order valence-corrected chi connectivity index (χ0v) is 13.0. The van der Waals surface area contributed by atoms with Gasteiger partial charge >= 0.3 is 0 Å². The third-order valence-corrected chi connectivity index (χ3v) is 3.12. The number of nitrogens with zero attached hydrogens (tertiary/aromatic N) is 1. The highest BCUT2D eigenvalue weighted by molar-refractivity contribution is 5.86. The van der Waals surface area contributed by atoms with Gasteiger partial charge in [-0.2, -0.15) is 0 Å². The van der Waals surface area contributed by atoms with Crippen LogP contribution in [-0.4, -0.2) is 35.9 Å².